The fraction of sp³-hybridized carbons (Fsp3) is 0.765. The van der Waals surface area contributed by atoms with Gasteiger partial charge in [-0.2, -0.15) is 0 Å². The van der Waals surface area contributed by atoms with Crippen molar-refractivity contribution in [2.24, 2.45) is 11.3 Å². The Balaban J connectivity index is 1.89. The summed E-state index contributed by atoms with van der Waals surface area (Å²) in [6, 6.07) is 0. The number of hydrogen-bond donors (Lipinski definition) is 2. The SMILES string of the molecule is Cc1nc(C)c(C(=O)NCC2(O)CCC(C(C)(C)C)CC2)o1. The smallest absolute Gasteiger partial charge is 0.289 e. The molecule has 1 aromatic rings. The number of aliphatic hydroxyl groups is 1. The molecule has 0 bridgehead atoms. The Hall–Kier alpha value is -1.36. The van der Waals surface area contributed by atoms with Gasteiger partial charge < -0.3 is 14.8 Å². The summed E-state index contributed by atoms with van der Waals surface area (Å²) in [5.41, 5.74) is 0.0535. The molecule has 2 N–H and O–H groups in total. The Kier molecular flexibility index (Phi) is 4.66. The fourth-order valence-corrected chi connectivity index (χ4v) is 3.27. The first-order valence-electron chi connectivity index (χ1n) is 8.05. The lowest BCUT2D eigenvalue weighted by atomic mass is 9.68. The maximum Gasteiger partial charge on any atom is 0.289 e. The van der Waals surface area contributed by atoms with Crippen molar-refractivity contribution in [3.63, 3.8) is 0 Å². The summed E-state index contributed by atoms with van der Waals surface area (Å²) in [7, 11) is 0. The van der Waals surface area contributed by atoms with Gasteiger partial charge in [-0.15, -0.1) is 0 Å². The molecule has 0 spiro atoms. The average Bonchev–Trinajstić information content (AvgIpc) is 2.75. The van der Waals surface area contributed by atoms with Crippen LogP contribution in [0.2, 0.25) is 0 Å². The lowest BCUT2D eigenvalue weighted by Crippen LogP contribution is -2.46. The minimum absolute atomic E-state index is 0.240. The van der Waals surface area contributed by atoms with Crippen molar-refractivity contribution in [3.05, 3.63) is 17.3 Å². The average molecular weight is 308 g/mol. The van der Waals surface area contributed by atoms with Gasteiger partial charge in [-0.05, 0) is 43.9 Å². The van der Waals surface area contributed by atoms with E-state index in [1.54, 1.807) is 13.8 Å². The lowest BCUT2D eigenvalue weighted by molar-refractivity contribution is -0.0230. The summed E-state index contributed by atoms with van der Waals surface area (Å²) >= 11 is 0. The second-order valence-corrected chi connectivity index (χ2v) is 7.69. The Bertz CT molecular complexity index is 535. The molecule has 1 aliphatic rings. The quantitative estimate of drug-likeness (QED) is 0.900. The van der Waals surface area contributed by atoms with Gasteiger partial charge in [0.15, 0.2) is 5.89 Å². The molecule has 0 aliphatic heterocycles. The summed E-state index contributed by atoms with van der Waals surface area (Å²) in [5, 5.41) is 13.5. The van der Waals surface area contributed by atoms with Gasteiger partial charge in [0.2, 0.25) is 5.76 Å². The maximum absolute atomic E-state index is 12.1. The van der Waals surface area contributed by atoms with Crippen molar-refractivity contribution < 1.29 is 14.3 Å². The number of rotatable bonds is 3. The second kappa shape index (κ2) is 6.03. The van der Waals surface area contributed by atoms with E-state index in [1.165, 1.54) is 0 Å². The summed E-state index contributed by atoms with van der Waals surface area (Å²) in [6.07, 6.45) is 3.44. The Morgan fingerprint density at radius 1 is 1.36 bits per heavy atom. The van der Waals surface area contributed by atoms with Gasteiger partial charge in [0.05, 0.1) is 11.3 Å². The van der Waals surface area contributed by atoms with E-state index in [4.69, 9.17) is 4.42 Å². The molecule has 5 heteroatoms. The number of aromatic nitrogens is 1. The number of hydrogen-bond acceptors (Lipinski definition) is 4. The van der Waals surface area contributed by atoms with Crippen molar-refractivity contribution in [1.82, 2.24) is 10.3 Å². The predicted molar refractivity (Wildman–Crippen MR) is 84.7 cm³/mol. The number of nitrogens with zero attached hydrogens (tertiary/aromatic N) is 1. The number of oxazole rings is 1. The molecule has 1 amide bonds. The van der Waals surface area contributed by atoms with Crippen LogP contribution in [0.4, 0.5) is 0 Å². The highest BCUT2D eigenvalue weighted by Gasteiger charge is 2.37. The molecule has 1 aromatic heterocycles. The van der Waals surface area contributed by atoms with Crippen LogP contribution in [0.1, 0.15) is 68.6 Å². The third-order valence-corrected chi connectivity index (χ3v) is 4.83. The lowest BCUT2D eigenvalue weighted by Gasteiger charge is -2.41. The highest BCUT2D eigenvalue weighted by Crippen LogP contribution is 2.41. The number of carbonyl (C=O) groups is 1. The molecule has 0 aromatic carbocycles. The number of nitrogens with one attached hydrogen (secondary N) is 1. The maximum atomic E-state index is 12.1. The molecule has 0 saturated heterocycles. The Labute approximate surface area is 132 Å². The molecule has 1 fully saturated rings. The van der Waals surface area contributed by atoms with E-state index in [0.29, 0.717) is 17.5 Å². The van der Waals surface area contributed by atoms with Crippen LogP contribution in [0, 0.1) is 25.2 Å². The number of aryl methyl sites for hydroxylation is 2. The van der Waals surface area contributed by atoms with Crippen LogP contribution in [-0.4, -0.2) is 28.1 Å². The highest BCUT2D eigenvalue weighted by molar-refractivity contribution is 5.92. The summed E-state index contributed by atoms with van der Waals surface area (Å²) in [4.78, 5) is 16.2. The zero-order chi connectivity index (χ0) is 16.5. The van der Waals surface area contributed by atoms with Crippen molar-refractivity contribution >= 4 is 5.91 Å². The predicted octanol–water partition coefficient (Wildman–Crippen LogP) is 2.99. The Morgan fingerprint density at radius 3 is 2.41 bits per heavy atom. The van der Waals surface area contributed by atoms with Gasteiger partial charge in [0, 0.05) is 13.5 Å². The van der Waals surface area contributed by atoms with E-state index in [0.717, 1.165) is 25.7 Å². The zero-order valence-electron chi connectivity index (χ0n) is 14.3. The summed E-state index contributed by atoms with van der Waals surface area (Å²) in [5.74, 6) is 1.05. The zero-order valence-corrected chi connectivity index (χ0v) is 14.3. The normalized spacial score (nSPS) is 26.0. The summed E-state index contributed by atoms with van der Waals surface area (Å²) < 4.78 is 5.31. The first kappa shape index (κ1) is 17.0. The van der Waals surface area contributed by atoms with Gasteiger partial charge in [0.25, 0.3) is 5.91 Å². The third kappa shape index (κ3) is 3.88. The third-order valence-electron chi connectivity index (χ3n) is 4.83. The Morgan fingerprint density at radius 2 is 1.95 bits per heavy atom. The van der Waals surface area contributed by atoms with E-state index in [1.807, 2.05) is 0 Å². The molecule has 1 heterocycles. The number of amides is 1. The van der Waals surface area contributed by atoms with E-state index < -0.39 is 5.60 Å². The van der Waals surface area contributed by atoms with E-state index >= 15 is 0 Å². The van der Waals surface area contributed by atoms with Crippen molar-refractivity contribution in [2.75, 3.05) is 6.54 Å². The van der Waals surface area contributed by atoms with Gasteiger partial charge in [0.1, 0.15) is 0 Å². The van der Waals surface area contributed by atoms with E-state index in [2.05, 4.69) is 31.1 Å². The van der Waals surface area contributed by atoms with Gasteiger partial charge in [-0.3, -0.25) is 4.79 Å². The molecule has 2 rings (SSSR count). The van der Waals surface area contributed by atoms with Crippen LogP contribution >= 0.6 is 0 Å². The van der Waals surface area contributed by atoms with E-state index in [9.17, 15) is 9.90 Å². The first-order chi connectivity index (χ1) is 10.1. The minimum Gasteiger partial charge on any atom is -0.436 e. The molecule has 124 valence electrons. The molecule has 5 nitrogen and oxygen atoms in total. The van der Waals surface area contributed by atoms with Crippen LogP contribution < -0.4 is 5.32 Å². The van der Waals surface area contributed by atoms with Crippen molar-refractivity contribution in [1.29, 1.82) is 0 Å². The number of carbonyl (C=O) groups excluding carboxylic acids is 1. The fourth-order valence-electron chi connectivity index (χ4n) is 3.27. The molecule has 0 atom stereocenters. The van der Waals surface area contributed by atoms with Crippen LogP contribution in [0.15, 0.2) is 4.42 Å². The van der Waals surface area contributed by atoms with Crippen LogP contribution in [0.3, 0.4) is 0 Å². The van der Waals surface area contributed by atoms with Crippen molar-refractivity contribution in [3.8, 4) is 0 Å². The van der Waals surface area contributed by atoms with Crippen molar-refractivity contribution in [2.45, 2.75) is 65.9 Å². The molecule has 1 saturated carbocycles. The largest absolute Gasteiger partial charge is 0.436 e. The first-order valence-corrected chi connectivity index (χ1v) is 8.05. The van der Waals surface area contributed by atoms with E-state index in [-0.39, 0.29) is 23.6 Å². The molecule has 1 aliphatic carbocycles. The molecule has 22 heavy (non-hydrogen) atoms. The monoisotopic (exact) mass is 308 g/mol. The minimum atomic E-state index is -0.805. The summed E-state index contributed by atoms with van der Waals surface area (Å²) in [6.45, 7) is 10.5. The molecule has 0 radical (unpaired) electrons. The van der Waals surface area contributed by atoms with Crippen LogP contribution in [0.25, 0.3) is 0 Å². The highest BCUT2D eigenvalue weighted by atomic mass is 16.4. The molecular weight excluding hydrogens is 280 g/mol. The second-order valence-electron chi connectivity index (χ2n) is 7.69. The van der Waals surface area contributed by atoms with Gasteiger partial charge in [-0.1, -0.05) is 20.8 Å². The van der Waals surface area contributed by atoms with Crippen LogP contribution in [-0.2, 0) is 0 Å². The molecular formula is C17H28N2O3. The van der Waals surface area contributed by atoms with Crippen LogP contribution in [0.5, 0.6) is 0 Å². The van der Waals surface area contributed by atoms with Gasteiger partial charge >= 0.3 is 0 Å². The van der Waals surface area contributed by atoms with Gasteiger partial charge in [-0.25, -0.2) is 4.98 Å². The molecule has 0 unspecified atom stereocenters. The standard InChI is InChI=1S/C17H28N2O3/c1-11-14(22-12(2)19-11)15(20)18-10-17(21)8-6-13(7-9-17)16(3,4)5/h13,21H,6-10H2,1-5H3,(H,18,20). The topological polar surface area (TPSA) is 75.4 Å².